The Morgan fingerprint density at radius 3 is 1.54 bits per heavy atom. The van der Waals surface area contributed by atoms with Crippen LogP contribution in [0.2, 0.25) is 10.0 Å². The fraction of sp³-hybridized carbons (Fsp3) is 0.439. The number of methoxy groups -OCH3 is 2. The van der Waals surface area contributed by atoms with Crippen LogP contribution in [0.25, 0.3) is 0 Å². The van der Waals surface area contributed by atoms with Gasteiger partial charge in [0, 0.05) is 34.3 Å². The van der Waals surface area contributed by atoms with Gasteiger partial charge in [-0.1, -0.05) is 47.5 Å². The summed E-state index contributed by atoms with van der Waals surface area (Å²) in [4.78, 5) is 19.9. The lowest BCUT2D eigenvalue weighted by Crippen LogP contribution is -2.60. The van der Waals surface area contributed by atoms with E-state index in [1.165, 1.54) is 39.3 Å². The standard InChI is InChI=1S/C22H24ClF2NO7.C19H20ClF2NO5/c1-3-31-21(29)32-11-17-22(24,25)20(28)18(27)19(33-17)12-4-7-16(23)13(8-12)9-14-5-6-15(30-2)10-26-14;1-27-13-4-3-12(23-8-13)7-11-6-10(2-5-14(11)20)17-16(25)18(26)19(21,22)15(9-24)28-17/h4-8,10,17-20,27-28H,3,9,11H2,1-2H3;2-6,8,15-18,24-26H,7,9H2,1H3. The molecule has 0 radical (unpaired) electrons. The minimum Gasteiger partial charge on any atom is -0.495 e. The van der Waals surface area contributed by atoms with Gasteiger partial charge in [-0.2, -0.15) is 0 Å². The fourth-order valence-corrected chi connectivity index (χ4v) is 6.88. The van der Waals surface area contributed by atoms with E-state index in [2.05, 4.69) is 19.4 Å². The van der Waals surface area contributed by atoms with E-state index in [0.717, 1.165) is 0 Å². The quantitative estimate of drug-likeness (QED) is 0.0891. The highest BCUT2D eigenvalue weighted by Gasteiger charge is 2.59. The topological polar surface area (TPSA) is 199 Å². The molecule has 0 bridgehead atoms. The smallest absolute Gasteiger partial charge is 0.495 e. The van der Waals surface area contributed by atoms with Crippen molar-refractivity contribution in [3.05, 3.63) is 117 Å². The number of hydrogen-bond donors (Lipinski definition) is 5. The van der Waals surface area contributed by atoms with Crippen molar-refractivity contribution in [1.82, 2.24) is 9.97 Å². The van der Waals surface area contributed by atoms with Crippen LogP contribution < -0.4 is 9.47 Å². The zero-order chi connectivity index (χ0) is 44.6. The summed E-state index contributed by atoms with van der Waals surface area (Å²) in [6.45, 7) is -0.337. The summed E-state index contributed by atoms with van der Waals surface area (Å²) in [5.74, 6) is -6.45. The first-order valence-electron chi connectivity index (χ1n) is 18.7. The van der Waals surface area contributed by atoms with E-state index in [-0.39, 0.29) is 6.61 Å². The Morgan fingerprint density at radius 1 is 0.705 bits per heavy atom. The van der Waals surface area contributed by atoms with E-state index < -0.39 is 80.0 Å². The number of nitrogens with zero attached hydrogens (tertiary/aromatic N) is 2. The number of aromatic nitrogens is 2. The molecule has 0 amide bonds. The molecule has 4 heterocycles. The Balaban J connectivity index is 0.000000234. The highest BCUT2D eigenvalue weighted by atomic mass is 35.5. The second-order valence-electron chi connectivity index (χ2n) is 13.9. The molecule has 332 valence electrons. The van der Waals surface area contributed by atoms with Gasteiger partial charge in [-0.15, -0.1) is 0 Å². The fourth-order valence-electron chi connectivity index (χ4n) is 6.51. The molecule has 0 spiro atoms. The third-order valence-corrected chi connectivity index (χ3v) is 10.7. The Morgan fingerprint density at radius 2 is 1.15 bits per heavy atom. The van der Waals surface area contributed by atoms with E-state index in [9.17, 15) is 47.9 Å². The van der Waals surface area contributed by atoms with Crippen molar-refractivity contribution in [3.63, 3.8) is 0 Å². The van der Waals surface area contributed by atoms with Crippen molar-refractivity contribution in [2.75, 3.05) is 34.0 Å². The van der Waals surface area contributed by atoms with Crippen molar-refractivity contribution < 1.29 is 76.3 Å². The Kier molecular flexibility index (Phi) is 16.2. The molecule has 6 rings (SSSR count). The van der Waals surface area contributed by atoms with Gasteiger partial charge in [0.05, 0.1) is 39.8 Å². The summed E-state index contributed by atoms with van der Waals surface area (Å²) in [6.07, 6.45) is -12.5. The molecule has 14 nitrogen and oxygen atoms in total. The number of aliphatic hydroxyl groups excluding tert-OH is 5. The Bertz CT molecular complexity index is 2070. The number of carbonyl (C=O) groups excluding carboxylic acids is 1. The van der Waals surface area contributed by atoms with Gasteiger partial charge >= 0.3 is 18.0 Å². The molecule has 8 unspecified atom stereocenters. The number of halogens is 6. The number of carbonyl (C=O) groups is 1. The van der Waals surface area contributed by atoms with Crippen LogP contribution in [0.15, 0.2) is 73.1 Å². The van der Waals surface area contributed by atoms with Crippen molar-refractivity contribution in [3.8, 4) is 11.5 Å². The lowest BCUT2D eigenvalue weighted by molar-refractivity contribution is -0.296. The van der Waals surface area contributed by atoms with E-state index in [1.807, 2.05) is 0 Å². The Labute approximate surface area is 357 Å². The molecule has 2 aromatic heterocycles. The zero-order valence-electron chi connectivity index (χ0n) is 32.8. The molecular formula is C41H44Cl2F4N2O12. The predicted molar refractivity (Wildman–Crippen MR) is 209 cm³/mol. The minimum atomic E-state index is -3.87. The Hall–Kier alpha value is -4.37. The van der Waals surface area contributed by atoms with Crippen LogP contribution in [0.1, 0.15) is 52.8 Å². The zero-order valence-corrected chi connectivity index (χ0v) is 34.4. The van der Waals surface area contributed by atoms with Crippen LogP contribution in [0.4, 0.5) is 22.4 Å². The molecule has 2 aliphatic heterocycles. The molecule has 2 aromatic carbocycles. The maximum atomic E-state index is 14.5. The highest BCUT2D eigenvalue weighted by molar-refractivity contribution is 6.31. The van der Waals surface area contributed by atoms with Crippen molar-refractivity contribution >= 4 is 29.4 Å². The summed E-state index contributed by atoms with van der Waals surface area (Å²) in [5, 5.41) is 50.4. The van der Waals surface area contributed by atoms with E-state index in [1.54, 1.807) is 54.9 Å². The third kappa shape index (κ3) is 11.2. The maximum absolute atomic E-state index is 14.5. The second kappa shape index (κ2) is 20.7. The lowest BCUT2D eigenvalue weighted by Gasteiger charge is -2.42. The van der Waals surface area contributed by atoms with E-state index in [4.69, 9.17) is 42.1 Å². The second-order valence-corrected chi connectivity index (χ2v) is 14.7. The van der Waals surface area contributed by atoms with Crippen LogP contribution in [-0.2, 0) is 31.8 Å². The number of hydrogen-bond acceptors (Lipinski definition) is 14. The van der Waals surface area contributed by atoms with Gasteiger partial charge in [0.15, 0.2) is 6.10 Å². The number of alkyl halides is 4. The number of pyridine rings is 2. The highest BCUT2D eigenvalue weighted by Crippen LogP contribution is 2.43. The van der Waals surface area contributed by atoms with Crippen LogP contribution in [0, 0.1) is 0 Å². The number of benzene rings is 2. The van der Waals surface area contributed by atoms with Gasteiger partial charge in [-0.05, 0) is 65.6 Å². The molecule has 0 aliphatic carbocycles. The van der Waals surface area contributed by atoms with Crippen LogP contribution >= 0.6 is 23.2 Å². The van der Waals surface area contributed by atoms with Crippen LogP contribution in [0.5, 0.6) is 11.5 Å². The van der Waals surface area contributed by atoms with Gasteiger partial charge < -0.3 is 54.0 Å². The molecule has 5 N–H and O–H groups in total. The third-order valence-electron chi connectivity index (χ3n) is 9.92. The minimum absolute atomic E-state index is 0.00131. The molecule has 2 fully saturated rings. The van der Waals surface area contributed by atoms with E-state index in [0.29, 0.717) is 68.0 Å². The molecule has 4 aromatic rings. The van der Waals surface area contributed by atoms with Crippen molar-refractivity contribution in [2.24, 2.45) is 0 Å². The number of ether oxygens (including phenoxy) is 6. The van der Waals surface area contributed by atoms with Gasteiger partial charge in [0.25, 0.3) is 0 Å². The molecule has 20 heteroatoms. The molecule has 61 heavy (non-hydrogen) atoms. The first kappa shape index (κ1) is 47.7. The summed E-state index contributed by atoms with van der Waals surface area (Å²) < 4.78 is 87.0. The molecule has 2 aliphatic rings. The van der Waals surface area contributed by atoms with Gasteiger partial charge in [0.2, 0.25) is 0 Å². The first-order chi connectivity index (χ1) is 28.9. The molecular weight excluding hydrogens is 859 g/mol. The van der Waals surface area contributed by atoms with Crippen molar-refractivity contribution in [2.45, 2.75) is 80.4 Å². The average Bonchev–Trinajstić information content (AvgIpc) is 3.24. The van der Waals surface area contributed by atoms with Crippen LogP contribution in [0.3, 0.4) is 0 Å². The van der Waals surface area contributed by atoms with Gasteiger partial charge in [-0.25, -0.2) is 22.4 Å². The summed E-state index contributed by atoms with van der Waals surface area (Å²) in [5.41, 5.74) is 3.28. The SMILES string of the molecule is CCOC(=O)OCC1OC(c2ccc(Cl)c(Cc3ccc(OC)cn3)c2)C(O)C(O)C1(F)F.COc1ccc(Cc2cc(C3OC(CO)C(F)(F)C(O)C3O)ccc2Cl)nc1. The predicted octanol–water partition coefficient (Wildman–Crippen LogP) is 5.43. The molecule has 2 saturated heterocycles. The lowest BCUT2D eigenvalue weighted by atomic mass is 9.89. The van der Waals surface area contributed by atoms with Crippen molar-refractivity contribution in [1.29, 1.82) is 0 Å². The maximum Gasteiger partial charge on any atom is 0.508 e. The molecule has 8 atom stereocenters. The monoisotopic (exact) mass is 902 g/mol. The average molecular weight is 904 g/mol. The summed E-state index contributed by atoms with van der Waals surface area (Å²) in [7, 11) is 3.06. The van der Waals surface area contributed by atoms with Gasteiger partial charge in [0.1, 0.15) is 60.8 Å². The summed E-state index contributed by atoms with van der Waals surface area (Å²) >= 11 is 12.5. The number of aliphatic hydroxyl groups is 5. The van der Waals surface area contributed by atoms with Crippen LogP contribution in [-0.4, -0.2) is 124 Å². The summed E-state index contributed by atoms with van der Waals surface area (Å²) in [6, 6.07) is 16.3. The first-order valence-corrected chi connectivity index (χ1v) is 19.4. The molecule has 0 saturated carbocycles. The van der Waals surface area contributed by atoms with E-state index >= 15 is 0 Å². The van der Waals surface area contributed by atoms with Gasteiger partial charge in [-0.3, -0.25) is 9.97 Å². The normalized spacial score (nSPS) is 25.4. The largest absolute Gasteiger partial charge is 0.508 e. The number of rotatable bonds is 12.